The Balaban J connectivity index is 0.000000183. The average molecular weight is 962 g/mol. The smallest absolute Gasteiger partial charge is 0.407 e. The molecule has 4 aliphatic rings. The highest BCUT2D eigenvalue weighted by Gasteiger charge is 2.28. The Kier molecular flexibility index (Phi) is 16.1. The molecule has 17 heteroatoms. The summed E-state index contributed by atoms with van der Waals surface area (Å²) in [5.74, 6) is 3.62. The number of rotatable bonds is 10. The number of nitrogens with one attached hydrogen (secondary N) is 2. The number of hydrogen-bond donors (Lipinski definition) is 4. The van der Waals surface area contributed by atoms with Gasteiger partial charge in [0.25, 0.3) is 0 Å². The zero-order chi connectivity index (χ0) is 47.0. The standard InChI is InChI=1S/2C26H30N4O4.ClH/c2*1-17-8-9-20-22(13-17)28-24(21-6-2-3-7-23(21)31)29-25(20)30-11-4-5-18(15-30)14-27-26(32)34-19-10-12-33-16-19;/h2*2-3,6-9,13,18-19,31H,4-5,10-12,14-16H2,1H3,(H,27,32);1H/t18-,19?;18-,19+;/m11./s1. The molecule has 69 heavy (non-hydrogen) atoms. The van der Waals surface area contributed by atoms with E-state index >= 15 is 0 Å². The molecule has 4 aromatic carbocycles. The summed E-state index contributed by atoms with van der Waals surface area (Å²) >= 11 is 0. The maximum atomic E-state index is 12.2. The van der Waals surface area contributed by atoms with Gasteiger partial charge in [-0.3, -0.25) is 0 Å². The molecule has 10 rings (SSSR count). The van der Waals surface area contributed by atoms with E-state index in [1.165, 1.54) is 0 Å². The summed E-state index contributed by atoms with van der Waals surface area (Å²) in [6, 6.07) is 26.7. The molecule has 0 saturated carbocycles. The first-order valence-electron chi connectivity index (χ1n) is 23.8. The molecule has 0 aliphatic carbocycles. The van der Waals surface area contributed by atoms with Gasteiger partial charge in [0.15, 0.2) is 11.6 Å². The average Bonchev–Trinajstić information content (AvgIpc) is 4.07. The Bertz CT molecular complexity index is 2550. The number of alkyl carbamates (subject to hydrolysis) is 2. The van der Waals surface area contributed by atoms with Crippen LogP contribution >= 0.6 is 12.4 Å². The summed E-state index contributed by atoms with van der Waals surface area (Å²) in [6.07, 6.45) is 4.51. The maximum Gasteiger partial charge on any atom is 0.407 e. The molecule has 2 amide bonds. The number of hydrogen-bond acceptors (Lipinski definition) is 14. The highest BCUT2D eigenvalue weighted by atomic mass is 35.5. The van der Waals surface area contributed by atoms with Crippen molar-refractivity contribution >= 4 is 58.0 Å². The van der Waals surface area contributed by atoms with Gasteiger partial charge in [0.1, 0.15) is 35.3 Å². The number of aryl methyl sites for hydroxylation is 2. The molecule has 1 unspecified atom stereocenters. The summed E-state index contributed by atoms with van der Waals surface area (Å²) in [7, 11) is 0. The van der Waals surface area contributed by atoms with Crippen LogP contribution in [0.1, 0.15) is 49.7 Å². The summed E-state index contributed by atoms with van der Waals surface area (Å²) in [5, 5.41) is 28.6. The first-order valence-corrected chi connectivity index (χ1v) is 23.8. The van der Waals surface area contributed by atoms with Crippen molar-refractivity contribution in [2.24, 2.45) is 11.8 Å². The number of halogens is 1. The molecule has 4 N–H and O–H groups in total. The number of carbonyl (C=O) groups is 2. The van der Waals surface area contributed by atoms with Crippen LogP contribution in [0.2, 0.25) is 0 Å². The van der Waals surface area contributed by atoms with Gasteiger partial charge in [0.2, 0.25) is 0 Å². The lowest BCUT2D eigenvalue weighted by Crippen LogP contribution is -2.42. The van der Waals surface area contributed by atoms with Gasteiger partial charge >= 0.3 is 12.2 Å². The number of ether oxygens (including phenoxy) is 4. The van der Waals surface area contributed by atoms with Gasteiger partial charge in [-0.15, -0.1) is 12.4 Å². The van der Waals surface area contributed by atoms with Crippen molar-refractivity contribution in [3.05, 3.63) is 96.1 Å². The molecule has 4 atom stereocenters. The fraction of sp³-hybridized carbons (Fsp3) is 0.423. The predicted octanol–water partition coefficient (Wildman–Crippen LogP) is 8.51. The van der Waals surface area contributed by atoms with Gasteiger partial charge in [-0.25, -0.2) is 29.5 Å². The third kappa shape index (κ3) is 12.2. The van der Waals surface area contributed by atoms with Crippen molar-refractivity contribution in [2.45, 2.75) is 64.6 Å². The van der Waals surface area contributed by atoms with Crippen LogP contribution in [0.4, 0.5) is 21.2 Å². The molecular weight excluding hydrogens is 900 g/mol. The Morgan fingerprint density at radius 3 is 1.46 bits per heavy atom. The molecule has 6 aromatic rings. The third-order valence-electron chi connectivity index (χ3n) is 13.0. The van der Waals surface area contributed by atoms with Crippen molar-refractivity contribution in [3.63, 3.8) is 0 Å². The van der Waals surface area contributed by atoms with Crippen molar-refractivity contribution < 1.29 is 38.7 Å². The number of piperidine rings is 2. The van der Waals surface area contributed by atoms with E-state index in [-0.39, 0.29) is 60.1 Å². The molecule has 2 aromatic heterocycles. The summed E-state index contributed by atoms with van der Waals surface area (Å²) in [5.41, 5.74) is 5.17. The van der Waals surface area contributed by atoms with Crippen LogP contribution in [0.5, 0.6) is 11.5 Å². The van der Waals surface area contributed by atoms with Crippen LogP contribution < -0.4 is 20.4 Å². The van der Waals surface area contributed by atoms with Crippen LogP contribution in [-0.4, -0.2) is 120 Å². The molecule has 364 valence electrons. The Morgan fingerprint density at radius 2 is 1.06 bits per heavy atom. The summed E-state index contributed by atoms with van der Waals surface area (Å²) in [4.78, 5) is 48.3. The van der Waals surface area contributed by atoms with E-state index in [9.17, 15) is 19.8 Å². The second kappa shape index (κ2) is 22.7. The van der Waals surface area contributed by atoms with E-state index in [0.29, 0.717) is 62.3 Å². The van der Waals surface area contributed by atoms with Crippen molar-refractivity contribution in [3.8, 4) is 34.3 Å². The zero-order valence-electron chi connectivity index (χ0n) is 39.1. The minimum absolute atomic E-state index is 0. The highest BCUT2D eigenvalue weighted by molar-refractivity contribution is 5.93. The second-order valence-electron chi connectivity index (χ2n) is 18.3. The van der Waals surface area contributed by atoms with E-state index < -0.39 is 0 Å². The normalized spacial score (nSPS) is 20.1. The quantitative estimate of drug-likeness (QED) is 0.102. The number of phenols is 2. The lowest BCUT2D eigenvalue weighted by Gasteiger charge is -2.34. The van der Waals surface area contributed by atoms with Crippen LogP contribution in [-0.2, 0) is 18.9 Å². The van der Waals surface area contributed by atoms with Crippen LogP contribution in [0, 0.1) is 25.7 Å². The zero-order valence-corrected chi connectivity index (χ0v) is 40.0. The van der Waals surface area contributed by atoms with Crippen LogP contribution in [0.25, 0.3) is 44.6 Å². The fourth-order valence-electron chi connectivity index (χ4n) is 9.40. The molecule has 4 fully saturated rings. The second-order valence-corrected chi connectivity index (χ2v) is 18.3. The summed E-state index contributed by atoms with van der Waals surface area (Å²) < 4.78 is 21.4. The molecular formula is C52H61ClN8O8. The Hall–Kier alpha value is -6.49. The number of nitrogens with zero attached hydrogens (tertiary/aromatic N) is 6. The Morgan fingerprint density at radius 1 is 0.623 bits per heavy atom. The van der Waals surface area contributed by atoms with E-state index in [1.54, 1.807) is 24.3 Å². The van der Waals surface area contributed by atoms with Gasteiger partial charge in [-0.05, 0) is 111 Å². The molecule has 0 radical (unpaired) electrons. The first kappa shape index (κ1) is 48.9. The van der Waals surface area contributed by atoms with E-state index in [0.717, 1.165) is 109 Å². The monoisotopic (exact) mass is 960 g/mol. The van der Waals surface area contributed by atoms with Gasteiger partial charge in [-0.1, -0.05) is 36.4 Å². The summed E-state index contributed by atoms with van der Waals surface area (Å²) in [6.45, 7) is 10.7. The number of carbonyl (C=O) groups excluding carboxylic acids is 2. The molecule has 0 bridgehead atoms. The van der Waals surface area contributed by atoms with Crippen molar-refractivity contribution in [1.82, 2.24) is 30.6 Å². The maximum absolute atomic E-state index is 12.2. The van der Waals surface area contributed by atoms with E-state index in [4.69, 9.17) is 38.9 Å². The lowest BCUT2D eigenvalue weighted by molar-refractivity contribution is 0.0816. The number of amides is 2. The fourth-order valence-corrected chi connectivity index (χ4v) is 9.40. The lowest BCUT2D eigenvalue weighted by atomic mass is 9.97. The number of benzene rings is 4. The van der Waals surface area contributed by atoms with Crippen LogP contribution in [0.3, 0.4) is 0 Å². The predicted molar refractivity (Wildman–Crippen MR) is 267 cm³/mol. The van der Waals surface area contributed by atoms with Gasteiger partial charge in [0.05, 0.1) is 48.6 Å². The number of para-hydroxylation sites is 2. The molecule has 4 saturated heterocycles. The van der Waals surface area contributed by atoms with Crippen molar-refractivity contribution in [2.75, 3.05) is 75.5 Å². The molecule has 6 heterocycles. The first-order chi connectivity index (χ1) is 33.1. The number of phenolic OH excluding ortho intramolecular Hbond substituents is 2. The minimum atomic E-state index is -0.377. The topological polar surface area (TPSA) is 194 Å². The third-order valence-corrected chi connectivity index (χ3v) is 13.0. The number of aromatic nitrogens is 4. The van der Waals surface area contributed by atoms with Crippen LogP contribution in [0.15, 0.2) is 84.9 Å². The largest absolute Gasteiger partial charge is 0.507 e. The number of fused-ring (bicyclic) bond motifs is 2. The van der Waals surface area contributed by atoms with Gasteiger partial charge in [0, 0.05) is 62.9 Å². The van der Waals surface area contributed by atoms with E-state index in [1.807, 2.05) is 38.1 Å². The molecule has 0 spiro atoms. The van der Waals surface area contributed by atoms with Gasteiger partial charge < -0.3 is 49.6 Å². The Labute approximate surface area is 408 Å². The molecule has 16 nitrogen and oxygen atoms in total. The van der Waals surface area contributed by atoms with E-state index in [2.05, 4.69) is 56.8 Å². The van der Waals surface area contributed by atoms with Gasteiger partial charge in [-0.2, -0.15) is 0 Å². The highest BCUT2D eigenvalue weighted by Crippen LogP contribution is 2.35. The number of anilines is 2. The number of aromatic hydroxyl groups is 2. The SMILES string of the molecule is Cc1ccc2c(N3CCC[C@H](CNC(=O)OC4CCOC4)C3)nc(-c3ccccc3O)nc2c1.Cc1ccc2c(N3CCC[C@H](CNC(=O)O[C@H]4CCOC4)C3)nc(-c3ccccc3O)nc2c1.Cl. The molecule has 4 aliphatic heterocycles. The van der Waals surface area contributed by atoms with Crippen molar-refractivity contribution in [1.29, 1.82) is 0 Å². The minimum Gasteiger partial charge on any atom is -0.507 e.